The number of nitrogens with zero attached hydrogens (tertiary/aromatic N) is 6. The quantitative estimate of drug-likeness (QED) is 0.292. The van der Waals surface area contributed by atoms with Gasteiger partial charge in [-0.15, -0.1) is 16.4 Å². The van der Waals surface area contributed by atoms with Crippen LogP contribution in [0, 0.1) is 0 Å². The van der Waals surface area contributed by atoms with Gasteiger partial charge in [0.15, 0.2) is 5.78 Å². The van der Waals surface area contributed by atoms with Gasteiger partial charge >= 0.3 is 6.18 Å². The van der Waals surface area contributed by atoms with E-state index in [2.05, 4.69) is 46.2 Å². The number of ketones is 1. The van der Waals surface area contributed by atoms with Crippen LogP contribution in [0.1, 0.15) is 37.2 Å². The fourth-order valence-corrected chi connectivity index (χ4v) is 3.84. The maximum absolute atomic E-state index is 13.0. The lowest BCUT2D eigenvalue weighted by atomic mass is 10.1. The Morgan fingerprint density at radius 3 is 2.71 bits per heavy atom. The minimum atomic E-state index is -4.66. The number of rotatable bonds is 8. The minimum Gasteiger partial charge on any atom is -0.321 e. The molecule has 0 aliphatic rings. The number of halogens is 4. The van der Waals surface area contributed by atoms with Gasteiger partial charge in [-0.3, -0.25) is 9.59 Å². The SMILES string of the molecule is O=C(CCc1ncc(C(=O)Nc2ccc(Cl)c(C(F)(F)F)c2)s1)c1cc(Nc2nn[nH]n2)ncn1. The number of aryl methyl sites for hydroxylation is 1. The van der Waals surface area contributed by atoms with Crippen molar-refractivity contribution in [1.29, 1.82) is 0 Å². The zero-order valence-corrected chi connectivity index (χ0v) is 18.9. The monoisotopic (exact) mass is 523 g/mol. The lowest BCUT2D eigenvalue weighted by molar-refractivity contribution is -0.137. The summed E-state index contributed by atoms with van der Waals surface area (Å²) in [5.41, 5.74) is -0.963. The van der Waals surface area contributed by atoms with Gasteiger partial charge in [-0.1, -0.05) is 16.7 Å². The molecule has 1 aromatic carbocycles. The fraction of sp³-hybridized carbons (Fsp3) is 0.158. The standard InChI is InChI=1S/C19H13ClF3N9O2S/c20-11-2-1-9(5-10(11)19(21,22)23)27-17(34)14-7-24-16(35-14)4-3-13(33)12-6-15(26-8-25-12)28-18-29-31-32-30-18/h1-2,5-8H,3-4H2,(H,27,34)(H2,25,26,28,29,30,31,32). The highest BCUT2D eigenvalue weighted by atomic mass is 35.5. The fourth-order valence-electron chi connectivity index (χ4n) is 2.80. The summed E-state index contributed by atoms with van der Waals surface area (Å²) in [6.07, 6.45) is -1.87. The van der Waals surface area contributed by atoms with Crippen molar-refractivity contribution >= 4 is 52.1 Å². The molecule has 3 aromatic heterocycles. The molecule has 0 spiro atoms. The number of tetrazole rings is 1. The molecule has 0 radical (unpaired) electrons. The van der Waals surface area contributed by atoms with E-state index in [1.165, 1.54) is 24.7 Å². The lowest BCUT2D eigenvalue weighted by Crippen LogP contribution is -2.12. The first-order valence-corrected chi connectivity index (χ1v) is 10.9. The molecule has 0 saturated heterocycles. The van der Waals surface area contributed by atoms with Gasteiger partial charge in [0.05, 0.1) is 21.8 Å². The third-order valence-corrected chi connectivity index (χ3v) is 5.80. The highest BCUT2D eigenvalue weighted by Gasteiger charge is 2.33. The second kappa shape index (κ2) is 10.1. The zero-order valence-electron chi connectivity index (χ0n) is 17.3. The molecule has 0 aliphatic heterocycles. The molecule has 0 atom stereocenters. The molecule has 0 fully saturated rings. The van der Waals surface area contributed by atoms with Crippen molar-refractivity contribution in [2.24, 2.45) is 0 Å². The minimum absolute atomic E-state index is 0.0549. The van der Waals surface area contributed by atoms with Crippen molar-refractivity contribution in [3.63, 3.8) is 0 Å². The van der Waals surface area contributed by atoms with E-state index in [-0.39, 0.29) is 40.8 Å². The number of benzene rings is 1. The first kappa shape index (κ1) is 24.2. The summed E-state index contributed by atoms with van der Waals surface area (Å²) in [6, 6.07) is 4.50. The summed E-state index contributed by atoms with van der Waals surface area (Å²) < 4.78 is 39.1. The van der Waals surface area contributed by atoms with E-state index in [4.69, 9.17) is 11.6 Å². The Kier molecular flexibility index (Phi) is 6.97. The topological polar surface area (TPSA) is 151 Å². The molecular weight excluding hydrogens is 511 g/mol. The molecule has 3 heterocycles. The molecule has 1 amide bonds. The summed E-state index contributed by atoms with van der Waals surface area (Å²) in [5, 5.41) is 18.3. The second-order valence-electron chi connectivity index (χ2n) is 6.84. The van der Waals surface area contributed by atoms with E-state index in [1.54, 1.807) is 0 Å². The number of H-pyrrole nitrogens is 1. The van der Waals surface area contributed by atoms with Gasteiger partial charge in [0.2, 0.25) is 0 Å². The summed E-state index contributed by atoms with van der Waals surface area (Å²) >= 11 is 6.61. The number of hydrogen-bond acceptors (Lipinski definition) is 10. The van der Waals surface area contributed by atoms with Gasteiger partial charge in [-0.25, -0.2) is 15.0 Å². The second-order valence-corrected chi connectivity index (χ2v) is 8.36. The van der Waals surface area contributed by atoms with Crippen molar-refractivity contribution < 1.29 is 22.8 Å². The van der Waals surface area contributed by atoms with Crippen LogP contribution in [-0.4, -0.2) is 47.3 Å². The first-order valence-electron chi connectivity index (χ1n) is 9.67. The third kappa shape index (κ3) is 6.13. The number of thiazole rings is 1. The van der Waals surface area contributed by atoms with Crippen molar-refractivity contribution in [1.82, 2.24) is 35.6 Å². The van der Waals surface area contributed by atoms with Gasteiger partial charge in [0.25, 0.3) is 11.9 Å². The van der Waals surface area contributed by atoms with Gasteiger partial charge in [0, 0.05) is 24.6 Å². The molecule has 180 valence electrons. The number of carbonyl (C=O) groups is 2. The molecule has 35 heavy (non-hydrogen) atoms. The van der Waals surface area contributed by atoms with Gasteiger partial charge in [-0.05, 0) is 23.4 Å². The predicted octanol–water partition coefficient (Wildman–Crippen LogP) is 3.93. The number of carbonyl (C=O) groups excluding carboxylic acids is 2. The molecular formula is C19H13ClF3N9O2S. The van der Waals surface area contributed by atoms with Crippen LogP contribution in [-0.2, 0) is 12.6 Å². The highest BCUT2D eigenvalue weighted by Crippen LogP contribution is 2.36. The van der Waals surface area contributed by atoms with Gasteiger partial charge in [-0.2, -0.15) is 18.4 Å². The zero-order chi connectivity index (χ0) is 25.0. The Labute approximate surface area is 203 Å². The number of aromatic nitrogens is 7. The Bertz CT molecular complexity index is 1360. The number of alkyl halides is 3. The van der Waals surface area contributed by atoms with Crippen LogP contribution in [0.25, 0.3) is 0 Å². The molecule has 0 bridgehead atoms. The van der Waals surface area contributed by atoms with Crippen LogP contribution < -0.4 is 10.6 Å². The smallest absolute Gasteiger partial charge is 0.321 e. The number of aromatic amines is 1. The average molecular weight is 524 g/mol. The Morgan fingerprint density at radius 1 is 1.14 bits per heavy atom. The number of hydrogen-bond donors (Lipinski definition) is 3. The molecule has 4 aromatic rings. The summed E-state index contributed by atoms with van der Waals surface area (Å²) in [4.78, 5) is 37.2. The van der Waals surface area contributed by atoms with Gasteiger partial charge in [0.1, 0.15) is 22.7 Å². The van der Waals surface area contributed by atoms with Crippen LogP contribution >= 0.6 is 22.9 Å². The van der Waals surface area contributed by atoms with Gasteiger partial charge < -0.3 is 10.6 Å². The van der Waals surface area contributed by atoms with Crippen molar-refractivity contribution in [2.75, 3.05) is 10.6 Å². The normalized spacial score (nSPS) is 11.3. The number of nitrogens with one attached hydrogen (secondary N) is 3. The molecule has 16 heteroatoms. The van der Waals surface area contributed by atoms with E-state index in [0.29, 0.717) is 10.8 Å². The van der Waals surface area contributed by atoms with Crippen LogP contribution in [0.15, 0.2) is 36.8 Å². The Balaban J connectivity index is 1.35. The van der Waals surface area contributed by atoms with E-state index < -0.39 is 22.7 Å². The van der Waals surface area contributed by atoms with Crippen LogP contribution in [0.3, 0.4) is 0 Å². The molecule has 4 rings (SSSR count). The number of anilines is 3. The Morgan fingerprint density at radius 2 is 1.97 bits per heavy atom. The van der Waals surface area contributed by atoms with Crippen LogP contribution in [0.2, 0.25) is 5.02 Å². The molecule has 3 N–H and O–H groups in total. The van der Waals surface area contributed by atoms with Crippen molar-refractivity contribution in [3.8, 4) is 0 Å². The van der Waals surface area contributed by atoms with Crippen molar-refractivity contribution in [3.05, 3.63) is 63.0 Å². The Hall–Kier alpha value is -3.98. The summed E-state index contributed by atoms with van der Waals surface area (Å²) in [5.74, 6) is -0.452. The number of Topliss-reactive ketones (excluding diaryl/α,β-unsaturated/α-hetero) is 1. The molecule has 0 unspecified atom stereocenters. The molecule has 0 saturated carbocycles. The van der Waals surface area contributed by atoms with Crippen molar-refractivity contribution in [2.45, 2.75) is 19.0 Å². The van der Waals surface area contributed by atoms with E-state index in [1.807, 2.05) is 0 Å². The maximum Gasteiger partial charge on any atom is 0.417 e. The van der Waals surface area contributed by atoms with E-state index in [9.17, 15) is 22.8 Å². The van der Waals surface area contributed by atoms with E-state index in [0.717, 1.165) is 23.5 Å². The highest BCUT2D eigenvalue weighted by molar-refractivity contribution is 7.13. The molecule has 0 aliphatic carbocycles. The third-order valence-electron chi connectivity index (χ3n) is 4.41. The predicted molar refractivity (Wildman–Crippen MR) is 119 cm³/mol. The molecule has 11 nitrogen and oxygen atoms in total. The van der Waals surface area contributed by atoms with Crippen LogP contribution in [0.4, 0.5) is 30.6 Å². The van der Waals surface area contributed by atoms with E-state index >= 15 is 0 Å². The largest absolute Gasteiger partial charge is 0.417 e. The number of amides is 1. The first-order chi connectivity index (χ1) is 16.7. The summed E-state index contributed by atoms with van der Waals surface area (Å²) in [6.45, 7) is 0. The average Bonchev–Trinajstić information content (AvgIpc) is 3.50. The summed E-state index contributed by atoms with van der Waals surface area (Å²) in [7, 11) is 0. The maximum atomic E-state index is 13.0. The lowest BCUT2D eigenvalue weighted by Gasteiger charge is -2.11. The van der Waals surface area contributed by atoms with Crippen LogP contribution in [0.5, 0.6) is 0 Å².